The number of sulfone groups is 2. The Morgan fingerprint density at radius 2 is 1.62 bits per heavy atom. The monoisotopic (exact) mass is 324 g/mol. The van der Waals surface area contributed by atoms with Crippen LogP contribution < -0.4 is 0 Å². The standard InChI is InChI=1S/C14H12O5S2/c15-10-5-7-11(8-6-10)21(18,19)14-9-20(16,17)13-4-2-1-3-12(13)14/h1-8,14-15H,9H2. The van der Waals surface area contributed by atoms with Crippen LogP contribution in [-0.2, 0) is 19.7 Å². The highest BCUT2D eigenvalue weighted by molar-refractivity contribution is 7.96. The molecular formula is C14H12O5S2. The van der Waals surface area contributed by atoms with Crippen molar-refractivity contribution in [2.45, 2.75) is 15.0 Å². The lowest BCUT2D eigenvalue weighted by Gasteiger charge is -2.11. The molecule has 0 spiro atoms. The number of fused-ring (bicyclic) bond motifs is 1. The van der Waals surface area contributed by atoms with Gasteiger partial charge in [-0.15, -0.1) is 0 Å². The van der Waals surface area contributed by atoms with Gasteiger partial charge in [-0.05, 0) is 35.9 Å². The van der Waals surface area contributed by atoms with E-state index in [-0.39, 0.29) is 15.5 Å². The van der Waals surface area contributed by atoms with Crippen LogP contribution in [-0.4, -0.2) is 27.7 Å². The first-order valence-electron chi connectivity index (χ1n) is 6.17. The van der Waals surface area contributed by atoms with Crippen molar-refractivity contribution in [3.05, 3.63) is 54.1 Å². The molecule has 5 nitrogen and oxygen atoms in total. The number of phenols is 1. The third kappa shape index (κ3) is 2.22. The van der Waals surface area contributed by atoms with Gasteiger partial charge in [-0.2, -0.15) is 0 Å². The van der Waals surface area contributed by atoms with Crippen molar-refractivity contribution in [1.82, 2.24) is 0 Å². The molecule has 0 saturated carbocycles. The number of hydrogen-bond donors (Lipinski definition) is 1. The second-order valence-electron chi connectivity index (χ2n) is 4.85. The number of rotatable bonds is 2. The molecular weight excluding hydrogens is 312 g/mol. The van der Waals surface area contributed by atoms with Gasteiger partial charge >= 0.3 is 0 Å². The second kappa shape index (κ2) is 4.57. The molecule has 1 N–H and O–H groups in total. The molecule has 1 aliphatic rings. The van der Waals surface area contributed by atoms with Crippen LogP contribution in [0.15, 0.2) is 58.3 Å². The molecule has 1 aliphatic heterocycles. The Bertz CT molecular complexity index is 897. The lowest BCUT2D eigenvalue weighted by molar-refractivity contribution is 0.474. The van der Waals surface area contributed by atoms with Crippen molar-refractivity contribution in [2.75, 3.05) is 5.75 Å². The molecule has 0 aliphatic carbocycles. The fourth-order valence-corrected chi connectivity index (χ4v) is 6.79. The van der Waals surface area contributed by atoms with E-state index >= 15 is 0 Å². The summed E-state index contributed by atoms with van der Waals surface area (Å²) in [6.45, 7) is 0. The molecule has 7 heteroatoms. The molecule has 0 radical (unpaired) electrons. The summed E-state index contributed by atoms with van der Waals surface area (Å²) in [5.74, 6) is -0.497. The Labute approximate surface area is 122 Å². The van der Waals surface area contributed by atoms with E-state index in [1.165, 1.54) is 36.4 Å². The molecule has 0 fully saturated rings. The summed E-state index contributed by atoms with van der Waals surface area (Å²) in [6.07, 6.45) is 0. The molecule has 3 rings (SSSR count). The minimum Gasteiger partial charge on any atom is -0.508 e. The molecule has 2 aromatic rings. The molecule has 1 atom stereocenters. The maximum absolute atomic E-state index is 12.7. The molecule has 0 amide bonds. The quantitative estimate of drug-likeness (QED) is 0.908. The smallest absolute Gasteiger partial charge is 0.186 e. The maximum Gasteiger partial charge on any atom is 0.186 e. The Morgan fingerprint density at radius 1 is 1.00 bits per heavy atom. The summed E-state index contributed by atoms with van der Waals surface area (Å²) in [6, 6.07) is 11.2. The van der Waals surface area contributed by atoms with Gasteiger partial charge in [-0.25, -0.2) is 16.8 Å². The third-order valence-corrected chi connectivity index (χ3v) is 7.64. The van der Waals surface area contributed by atoms with Gasteiger partial charge in [0, 0.05) is 0 Å². The van der Waals surface area contributed by atoms with Crippen LogP contribution in [0.2, 0.25) is 0 Å². The summed E-state index contributed by atoms with van der Waals surface area (Å²) < 4.78 is 49.5. The van der Waals surface area contributed by atoms with Gasteiger partial charge in [0.25, 0.3) is 0 Å². The Balaban J connectivity index is 2.16. The summed E-state index contributed by atoms with van der Waals surface area (Å²) >= 11 is 0. The van der Waals surface area contributed by atoms with Gasteiger partial charge in [-0.3, -0.25) is 0 Å². The minimum atomic E-state index is -3.83. The van der Waals surface area contributed by atoms with Crippen LogP contribution in [0.4, 0.5) is 0 Å². The zero-order valence-corrected chi connectivity index (χ0v) is 12.4. The van der Waals surface area contributed by atoms with Crippen molar-refractivity contribution in [1.29, 1.82) is 0 Å². The highest BCUT2D eigenvalue weighted by atomic mass is 32.2. The van der Waals surface area contributed by atoms with E-state index in [4.69, 9.17) is 0 Å². The molecule has 1 heterocycles. The van der Waals surface area contributed by atoms with Crippen LogP contribution in [0.25, 0.3) is 0 Å². The average molecular weight is 324 g/mol. The van der Waals surface area contributed by atoms with E-state index in [2.05, 4.69) is 0 Å². The van der Waals surface area contributed by atoms with E-state index < -0.39 is 30.7 Å². The van der Waals surface area contributed by atoms with Crippen molar-refractivity contribution >= 4 is 19.7 Å². The topological polar surface area (TPSA) is 88.5 Å². The van der Waals surface area contributed by atoms with Gasteiger partial charge in [0.05, 0.1) is 15.5 Å². The second-order valence-corrected chi connectivity index (χ2v) is 8.98. The molecule has 2 aromatic carbocycles. The fraction of sp³-hybridized carbons (Fsp3) is 0.143. The van der Waals surface area contributed by atoms with Gasteiger partial charge in [-0.1, -0.05) is 18.2 Å². The van der Waals surface area contributed by atoms with Gasteiger partial charge in [0.2, 0.25) is 0 Å². The van der Waals surface area contributed by atoms with Crippen molar-refractivity contribution < 1.29 is 21.9 Å². The molecule has 1 unspecified atom stereocenters. The first-order chi connectivity index (χ1) is 9.82. The predicted molar refractivity (Wildman–Crippen MR) is 76.5 cm³/mol. The van der Waals surface area contributed by atoms with Crippen LogP contribution in [0, 0.1) is 0 Å². The first-order valence-corrected chi connectivity index (χ1v) is 9.37. The summed E-state index contributed by atoms with van der Waals surface area (Å²) in [4.78, 5) is 0.0783. The van der Waals surface area contributed by atoms with Crippen LogP contribution in [0.3, 0.4) is 0 Å². The lowest BCUT2D eigenvalue weighted by Crippen LogP contribution is -2.15. The summed E-state index contributed by atoms with van der Waals surface area (Å²) in [5.41, 5.74) is 0.311. The van der Waals surface area contributed by atoms with Gasteiger partial charge in [0.15, 0.2) is 19.7 Å². The predicted octanol–water partition coefficient (Wildman–Crippen LogP) is 1.69. The molecule has 110 valence electrons. The molecule has 0 saturated heterocycles. The van der Waals surface area contributed by atoms with Gasteiger partial charge < -0.3 is 5.11 Å². The zero-order valence-electron chi connectivity index (χ0n) is 10.8. The highest BCUT2D eigenvalue weighted by Gasteiger charge is 2.42. The van der Waals surface area contributed by atoms with E-state index in [0.717, 1.165) is 0 Å². The fourth-order valence-electron chi connectivity index (χ4n) is 2.47. The minimum absolute atomic E-state index is 0.00259. The molecule has 0 bridgehead atoms. The first kappa shape index (κ1) is 14.1. The zero-order chi connectivity index (χ0) is 15.3. The van der Waals surface area contributed by atoms with Gasteiger partial charge in [0.1, 0.15) is 11.0 Å². The van der Waals surface area contributed by atoms with Crippen LogP contribution in [0.1, 0.15) is 10.8 Å². The van der Waals surface area contributed by atoms with E-state index in [1.807, 2.05) is 0 Å². The SMILES string of the molecule is O=S1(=O)CC(S(=O)(=O)c2ccc(O)cc2)c2ccccc21. The van der Waals surface area contributed by atoms with Crippen molar-refractivity contribution in [3.8, 4) is 5.75 Å². The molecule has 21 heavy (non-hydrogen) atoms. The molecule has 0 aromatic heterocycles. The van der Waals surface area contributed by atoms with E-state index in [0.29, 0.717) is 5.56 Å². The summed E-state index contributed by atoms with van der Waals surface area (Å²) in [5, 5.41) is 8.13. The summed E-state index contributed by atoms with van der Waals surface area (Å²) in [7, 11) is -7.41. The largest absolute Gasteiger partial charge is 0.508 e. The maximum atomic E-state index is 12.7. The van der Waals surface area contributed by atoms with Crippen molar-refractivity contribution in [2.24, 2.45) is 0 Å². The normalized spacial score (nSPS) is 20.1. The average Bonchev–Trinajstić information content (AvgIpc) is 2.73. The van der Waals surface area contributed by atoms with E-state index in [1.54, 1.807) is 12.1 Å². The Morgan fingerprint density at radius 3 is 2.29 bits per heavy atom. The third-order valence-electron chi connectivity index (χ3n) is 3.51. The number of benzene rings is 2. The number of aromatic hydroxyl groups is 1. The van der Waals surface area contributed by atoms with Crippen LogP contribution in [0.5, 0.6) is 5.75 Å². The number of phenolic OH excluding ortho intramolecular Hbond substituents is 1. The highest BCUT2D eigenvalue weighted by Crippen LogP contribution is 2.40. The van der Waals surface area contributed by atoms with Crippen molar-refractivity contribution in [3.63, 3.8) is 0 Å². The van der Waals surface area contributed by atoms with Crippen LogP contribution >= 0.6 is 0 Å². The number of hydrogen-bond acceptors (Lipinski definition) is 5. The lowest BCUT2D eigenvalue weighted by atomic mass is 10.2. The Kier molecular flexibility index (Phi) is 3.07. The van der Waals surface area contributed by atoms with E-state index in [9.17, 15) is 21.9 Å². The Hall–Kier alpha value is -1.86.